The maximum atomic E-state index is 13.2. The first-order valence-corrected chi connectivity index (χ1v) is 13.2. The Morgan fingerprint density at radius 2 is 1.83 bits per heavy atom. The van der Waals surface area contributed by atoms with Crippen molar-refractivity contribution in [1.82, 2.24) is 25.0 Å². The van der Waals surface area contributed by atoms with E-state index in [1.807, 2.05) is 43.8 Å². The number of rotatable bonds is 9. The van der Waals surface area contributed by atoms with E-state index in [9.17, 15) is 13.2 Å². The third kappa shape index (κ3) is 5.54. The number of Topliss-reactive ketones (excluding diaryl/α,β-unsaturated/α-hetero) is 1. The highest BCUT2D eigenvalue weighted by Crippen LogP contribution is 2.33. The first-order valence-electron chi connectivity index (χ1n) is 11.6. The molecule has 0 aliphatic carbocycles. The molecule has 0 unspecified atom stereocenters. The van der Waals surface area contributed by atoms with Crippen LogP contribution >= 0.6 is 0 Å². The molecule has 36 heavy (non-hydrogen) atoms. The molecule has 0 aliphatic heterocycles. The number of aromatic amines is 1. The van der Waals surface area contributed by atoms with E-state index >= 15 is 0 Å². The Balaban J connectivity index is 1.75. The van der Waals surface area contributed by atoms with Crippen LogP contribution in [0.15, 0.2) is 53.9 Å². The molecule has 0 saturated carbocycles. The van der Waals surface area contributed by atoms with E-state index in [4.69, 9.17) is 4.74 Å². The van der Waals surface area contributed by atoms with Crippen molar-refractivity contribution in [2.24, 2.45) is 5.92 Å². The third-order valence-corrected chi connectivity index (χ3v) is 7.12. The molecular weight excluding hydrogens is 478 g/mol. The van der Waals surface area contributed by atoms with Crippen molar-refractivity contribution in [1.29, 1.82) is 0 Å². The summed E-state index contributed by atoms with van der Waals surface area (Å²) in [5.74, 6) is -0.328. The number of pyridine rings is 1. The first-order chi connectivity index (χ1) is 17.0. The molecular formula is C26H29N5O4S. The monoisotopic (exact) mass is 507 g/mol. The number of aryl methyl sites for hydroxylation is 3. The van der Waals surface area contributed by atoms with E-state index in [-0.39, 0.29) is 16.5 Å². The van der Waals surface area contributed by atoms with Crippen LogP contribution in [0.4, 0.5) is 0 Å². The summed E-state index contributed by atoms with van der Waals surface area (Å²) in [6.45, 7) is 10.8. The summed E-state index contributed by atoms with van der Waals surface area (Å²) in [6, 6.07) is 8.50. The minimum atomic E-state index is -3.91. The van der Waals surface area contributed by atoms with E-state index in [2.05, 4.69) is 34.1 Å². The highest BCUT2D eigenvalue weighted by Gasteiger charge is 2.26. The second kappa shape index (κ2) is 10.1. The zero-order valence-corrected chi connectivity index (χ0v) is 21.8. The minimum Gasteiger partial charge on any atom is -0.438 e. The number of sulfone groups is 1. The largest absolute Gasteiger partial charge is 0.438 e. The molecule has 0 amide bonds. The lowest BCUT2D eigenvalue weighted by Gasteiger charge is -2.15. The van der Waals surface area contributed by atoms with Gasteiger partial charge >= 0.3 is 0 Å². The van der Waals surface area contributed by atoms with Crippen molar-refractivity contribution in [2.45, 2.75) is 46.2 Å². The summed E-state index contributed by atoms with van der Waals surface area (Å²) >= 11 is 0. The van der Waals surface area contributed by atoms with Crippen LogP contribution in [0.25, 0.3) is 11.3 Å². The van der Waals surface area contributed by atoms with Crippen molar-refractivity contribution in [2.75, 3.05) is 5.75 Å². The van der Waals surface area contributed by atoms with E-state index in [1.165, 1.54) is 12.3 Å². The Bertz CT molecular complexity index is 1480. The highest BCUT2D eigenvalue weighted by molar-refractivity contribution is 7.92. The predicted octanol–water partition coefficient (Wildman–Crippen LogP) is 4.70. The Morgan fingerprint density at radius 1 is 1.11 bits per heavy atom. The van der Waals surface area contributed by atoms with Crippen molar-refractivity contribution >= 4 is 15.6 Å². The average Bonchev–Trinajstić information content (AvgIpc) is 3.48. The Hall–Kier alpha value is -3.79. The van der Waals surface area contributed by atoms with Gasteiger partial charge in [0.05, 0.1) is 23.7 Å². The van der Waals surface area contributed by atoms with E-state index in [0.717, 1.165) is 28.8 Å². The maximum Gasteiger partial charge on any atom is 0.230 e. The van der Waals surface area contributed by atoms with Gasteiger partial charge in [-0.3, -0.25) is 14.6 Å². The molecule has 1 aromatic carbocycles. The number of carbonyl (C=O) groups is 1. The summed E-state index contributed by atoms with van der Waals surface area (Å²) in [5, 5.41) is 10.4. The van der Waals surface area contributed by atoms with Crippen LogP contribution in [-0.2, 0) is 16.4 Å². The highest BCUT2D eigenvalue weighted by atomic mass is 32.2. The van der Waals surface area contributed by atoms with Crippen molar-refractivity contribution in [3.05, 3.63) is 71.2 Å². The van der Waals surface area contributed by atoms with E-state index in [0.29, 0.717) is 17.4 Å². The Labute approximate surface area is 210 Å². The first kappa shape index (κ1) is 25.3. The number of ketones is 1. The standard InChI is InChI=1S/C26H29N5O4S/c1-16(2)13-31-14-20(12-28-31)22-7-6-21(23(32)15-36(33,34)24-8-9-27-30-24)26(29-22)35-25-18(4)10-17(3)11-19(25)5/h6-12,14,16H,13,15H2,1-5H3,(H,27,30). The van der Waals surface area contributed by atoms with Gasteiger partial charge in [-0.25, -0.2) is 13.4 Å². The van der Waals surface area contributed by atoms with Gasteiger partial charge in [-0.05, 0) is 56.0 Å². The fourth-order valence-electron chi connectivity index (χ4n) is 4.03. The molecule has 3 heterocycles. The molecule has 0 bridgehead atoms. The summed E-state index contributed by atoms with van der Waals surface area (Å²) in [6.07, 6.45) is 4.92. The molecule has 0 radical (unpaired) electrons. The minimum absolute atomic E-state index is 0.0453. The fourth-order valence-corrected chi connectivity index (χ4v) is 5.15. The van der Waals surface area contributed by atoms with Gasteiger partial charge < -0.3 is 4.74 Å². The maximum absolute atomic E-state index is 13.2. The van der Waals surface area contributed by atoms with Gasteiger partial charge in [-0.1, -0.05) is 31.5 Å². The number of aromatic nitrogens is 5. The lowest BCUT2D eigenvalue weighted by molar-refractivity contribution is 0.101. The van der Waals surface area contributed by atoms with Gasteiger partial charge in [0.2, 0.25) is 15.7 Å². The topological polar surface area (TPSA) is 120 Å². The molecule has 9 nitrogen and oxygen atoms in total. The van der Waals surface area contributed by atoms with Crippen LogP contribution in [0.2, 0.25) is 0 Å². The van der Waals surface area contributed by atoms with Gasteiger partial charge in [0.25, 0.3) is 0 Å². The quantitative estimate of drug-likeness (QED) is 0.326. The molecule has 3 aromatic heterocycles. The van der Waals surface area contributed by atoms with Crippen molar-refractivity contribution in [3.8, 4) is 22.9 Å². The lowest BCUT2D eigenvalue weighted by Crippen LogP contribution is -2.18. The smallest absolute Gasteiger partial charge is 0.230 e. The van der Waals surface area contributed by atoms with Gasteiger partial charge in [0.15, 0.2) is 10.8 Å². The zero-order valence-electron chi connectivity index (χ0n) is 20.9. The summed E-state index contributed by atoms with van der Waals surface area (Å²) in [4.78, 5) is 17.9. The summed E-state index contributed by atoms with van der Waals surface area (Å²) in [5.41, 5.74) is 4.26. The fraction of sp³-hybridized carbons (Fsp3) is 0.308. The number of ether oxygens (including phenoxy) is 1. The number of H-pyrrole nitrogens is 1. The van der Waals surface area contributed by atoms with Crippen molar-refractivity contribution in [3.63, 3.8) is 0 Å². The van der Waals surface area contributed by atoms with Crippen LogP contribution in [0, 0.1) is 26.7 Å². The molecule has 0 aliphatic rings. The normalized spacial score (nSPS) is 11.7. The van der Waals surface area contributed by atoms with E-state index < -0.39 is 21.4 Å². The number of hydrogen-bond donors (Lipinski definition) is 1. The van der Waals surface area contributed by atoms with Crippen LogP contribution < -0.4 is 4.74 Å². The second-order valence-electron chi connectivity index (χ2n) is 9.33. The second-order valence-corrected chi connectivity index (χ2v) is 11.3. The average molecular weight is 508 g/mol. The molecule has 0 saturated heterocycles. The Kier molecular flexibility index (Phi) is 7.07. The van der Waals surface area contributed by atoms with Crippen molar-refractivity contribution < 1.29 is 17.9 Å². The number of nitrogens with one attached hydrogen (secondary N) is 1. The van der Waals surface area contributed by atoms with Crippen LogP contribution in [0.1, 0.15) is 40.9 Å². The third-order valence-electron chi connectivity index (χ3n) is 5.58. The zero-order chi connectivity index (χ0) is 26.0. The van der Waals surface area contributed by atoms with E-state index in [1.54, 1.807) is 18.3 Å². The van der Waals surface area contributed by atoms with Gasteiger partial charge in [0, 0.05) is 18.3 Å². The molecule has 4 aromatic rings. The number of hydrogen-bond acceptors (Lipinski definition) is 7. The molecule has 0 fully saturated rings. The lowest BCUT2D eigenvalue weighted by atomic mass is 10.1. The van der Waals surface area contributed by atoms with Gasteiger partial charge in [0.1, 0.15) is 11.5 Å². The number of benzene rings is 1. The molecule has 10 heteroatoms. The van der Waals surface area contributed by atoms with Crippen LogP contribution in [0.5, 0.6) is 11.6 Å². The van der Waals surface area contributed by atoms with Gasteiger partial charge in [-0.15, -0.1) is 0 Å². The van der Waals surface area contributed by atoms with Gasteiger partial charge in [-0.2, -0.15) is 10.2 Å². The Morgan fingerprint density at radius 3 is 2.47 bits per heavy atom. The molecule has 188 valence electrons. The molecule has 0 spiro atoms. The van der Waals surface area contributed by atoms with Crippen LogP contribution in [-0.4, -0.2) is 44.9 Å². The number of nitrogens with zero attached hydrogens (tertiary/aromatic N) is 4. The molecule has 1 N–H and O–H groups in total. The predicted molar refractivity (Wildman–Crippen MR) is 136 cm³/mol. The summed E-state index contributed by atoms with van der Waals surface area (Å²) < 4.78 is 33.5. The van der Waals surface area contributed by atoms with Crippen LogP contribution in [0.3, 0.4) is 0 Å². The molecule has 0 atom stereocenters. The number of carbonyl (C=O) groups excluding carboxylic acids is 1. The summed E-state index contributed by atoms with van der Waals surface area (Å²) in [7, 11) is -3.91. The molecule has 4 rings (SSSR count). The SMILES string of the molecule is Cc1cc(C)c(Oc2nc(-c3cnn(CC(C)C)c3)ccc2C(=O)CS(=O)(=O)c2ccn[nH]2)c(C)c1.